The van der Waals surface area contributed by atoms with Gasteiger partial charge in [-0.3, -0.25) is 4.90 Å². The Bertz CT molecular complexity index is 538. The molecule has 2 aliphatic rings. The molecule has 0 bridgehead atoms. The second-order valence-corrected chi connectivity index (χ2v) is 6.11. The van der Waals surface area contributed by atoms with Gasteiger partial charge in [0.15, 0.2) is 0 Å². The van der Waals surface area contributed by atoms with Crippen LogP contribution in [0.2, 0.25) is 0 Å². The van der Waals surface area contributed by atoms with Crippen LogP contribution >= 0.6 is 0 Å². The molecule has 0 radical (unpaired) electrons. The van der Waals surface area contributed by atoms with E-state index in [0.29, 0.717) is 0 Å². The molecule has 0 saturated carbocycles. The van der Waals surface area contributed by atoms with Crippen LogP contribution in [0.15, 0.2) is 6.07 Å². The molecule has 1 fully saturated rings. The molecular formula is C17H24N4. The van der Waals surface area contributed by atoms with Gasteiger partial charge in [-0.05, 0) is 50.3 Å². The van der Waals surface area contributed by atoms with Gasteiger partial charge in [-0.2, -0.15) is 5.26 Å². The summed E-state index contributed by atoms with van der Waals surface area (Å²) in [5.41, 5.74) is 3.29. The Hall–Kier alpha value is -1.60. The zero-order valence-electron chi connectivity index (χ0n) is 12.9. The molecule has 1 aliphatic heterocycles. The number of aryl methyl sites for hydroxylation is 2. The SMILES string of the molecule is CCCN1CCN(c2nc3c(cc2C#N)CCCC3)CC1. The highest BCUT2D eigenvalue weighted by atomic mass is 15.3. The van der Waals surface area contributed by atoms with Crippen LogP contribution in [0.1, 0.15) is 43.0 Å². The van der Waals surface area contributed by atoms with Gasteiger partial charge in [0, 0.05) is 31.9 Å². The first-order valence-corrected chi connectivity index (χ1v) is 8.22. The molecule has 0 amide bonds. The third-order valence-corrected chi connectivity index (χ3v) is 4.61. The van der Waals surface area contributed by atoms with Crippen LogP contribution in [0.5, 0.6) is 0 Å². The van der Waals surface area contributed by atoms with Crippen molar-refractivity contribution in [1.29, 1.82) is 5.26 Å². The molecule has 0 spiro atoms. The van der Waals surface area contributed by atoms with Crippen molar-refractivity contribution in [2.75, 3.05) is 37.6 Å². The van der Waals surface area contributed by atoms with E-state index in [2.05, 4.69) is 28.9 Å². The smallest absolute Gasteiger partial charge is 0.146 e. The number of anilines is 1. The van der Waals surface area contributed by atoms with Crippen molar-refractivity contribution in [3.05, 3.63) is 22.9 Å². The van der Waals surface area contributed by atoms with Crippen LogP contribution in [-0.4, -0.2) is 42.6 Å². The number of fused-ring (bicyclic) bond motifs is 1. The topological polar surface area (TPSA) is 43.2 Å². The monoisotopic (exact) mass is 284 g/mol. The predicted octanol–water partition coefficient (Wildman–Crippen LogP) is 2.36. The molecule has 3 rings (SSSR count). The molecule has 0 atom stereocenters. The maximum absolute atomic E-state index is 9.46. The Labute approximate surface area is 127 Å². The molecule has 1 aromatic rings. The van der Waals surface area contributed by atoms with Crippen molar-refractivity contribution in [1.82, 2.24) is 9.88 Å². The predicted molar refractivity (Wildman–Crippen MR) is 84.5 cm³/mol. The summed E-state index contributed by atoms with van der Waals surface area (Å²) in [6.07, 6.45) is 5.83. The van der Waals surface area contributed by atoms with Gasteiger partial charge in [0.05, 0.1) is 5.56 Å². The van der Waals surface area contributed by atoms with E-state index in [1.165, 1.54) is 37.1 Å². The summed E-state index contributed by atoms with van der Waals surface area (Å²) in [6, 6.07) is 4.45. The lowest BCUT2D eigenvalue weighted by molar-refractivity contribution is 0.258. The Morgan fingerprint density at radius 2 is 1.95 bits per heavy atom. The van der Waals surface area contributed by atoms with E-state index < -0.39 is 0 Å². The second kappa shape index (κ2) is 6.44. The van der Waals surface area contributed by atoms with E-state index in [-0.39, 0.29) is 0 Å². The van der Waals surface area contributed by atoms with Crippen molar-refractivity contribution in [2.24, 2.45) is 0 Å². The number of rotatable bonds is 3. The fourth-order valence-corrected chi connectivity index (χ4v) is 3.45. The average Bonchev–Trinajstić information content (AvgIpc) is 2.54. The van der Waals surface area contributed by atoms with E-state index in [9.17, 15) is 5.26 Å². The number of pyridine rings is 1. The van der Waals surface area contributed by atoms with Crippen molar-refractivity contribution >= 4 is 5.82 Å². The standard InChI is InChI=1S/C17H24N4/c1-2-7-20-8-10-21(11-9-20)17-15(13-18)12-14-5-3-4-6-16(14)19-17/h12H,2-11H2,1H3. The van der Waals surface area contributed by atoms with Crippen LogP contribution in [0.25, 0.3) is 0 Å². The van der Waals surface area contributed by atoms with Crippen molar-refractivity contribution in [3.8, 4) is 6.07 Å². The van der Waals surface area contributed by atoms with Gasteiger partial charge >= 0.3 is 0 Å². The minimum Gasteiger partial charge on any atom is -0.353 e. The molecule has 21 heavy (non-hydrogen) atoms. The highest BCUT2D eigenvalue weighted by Gasteiger charge is 2.22. The highest BCUT2D eigenvalue weighted by Crippen LogP contribution is 2.27. The third-order valence-electron chi connectivity index (χ3n) is 4.61. The zero-order valence-corrected chi connectivity index (χ0v) is 12.9. The van der Waals surface area contributed by atoms with Crippen molar-refractivity contribution in [3.63, 3.8) is 0 Å². The van der Waals surface area contributed by atoms with Crippen molar-refractivity contribution < 1.29 is 0 Å². The average molecular weight is 284 g/mol. The molecule has 4 nitrogen and oxygen atoms in total. The Morgan fingerprint density at radius 1 is 1.19 bits per heavy atom. The van der Waals surface area contributed by atoms with Crippen LogP contribution in [0, 0.1) is 11.3 Å². The molecule has 0 aromatic carbocycles. The maximum atomic E-state index is 9.46. The van der Waals surface area contributed by atoms with Crippen LogP contribution in [-0.2, 0) is 12.8 Å². The van der Waals surface area contributed by atoms with E-state index >= 15 is 0 Å². The Balaban J connectivity index is 1.80. The number of piperazine rings is 1. The molecule has 1 saturated heterocycles. The van der Waals surface area contributed by atoms with Gasteiger partial charge in [-0.25, -0.2) is 4.98 Å². The van der Waals surface area contributed by atoms with E-state index in [1.807, 2.05) is 0 Å². The number of aromatic nitrogens is 1. The van der Waals surface area contributed by atoms with Crippen molar-refractivity contribution in [2.45, 2.75) is 39.0 Å². The molecule has 1 aliphatic carbocycles. The normalized spacial score (nSPS) is 19.1. The van der Waals surface area contributed by atoms with Crippen LogP contribution in [0.3, 0.4) is 0 Å². The number of hydrogen-bond donors (Lipinski definition) is 0. The van der Waals surface area contributed by atoms with Crippen LogP contribution in [0.4, 0.5) is 5.82 Å². The van der Waals surface area contributed by atoms with Crippen LogP contribution < -0.4 is 4.90 Å². The first-order chi connectivity index (χ1) is 10.3. The van der Waals surface area contributed by atoms with Gasteiger partial charge in [0.1, 0.15) is 11.9 Å². The molecule has 112 valence electrons. The van der Waals surface area contributed by atoms with E-state index in [4.69, 9.17) is 4.98 Å². The van der Waals surface area contributed by atoms with E-state index in [0.717, 1.165) is 50.4 Å². The first kappa shape index (κ1) is 14.3. The lowest BCUT2D eigenvalue weighted by atomic mass is 9.95. The fourth-order valence-electron chi connectivity index (χ4n) is 3.45. The Kier molecular flexibility index (Phi) is 4.40. The van der Waals surface area contributed by atoms with Gasteiger partial charge < -0.3 is 4.90 Å². The lowest BCUT2D eigenvalue weighted by Gasteiger charge is -2.36. The summed E-state index contributed by atoms with van der Waals surface area (Å²) >= 11 is 0. The quantitative estimate of drug-likeness (QED) is 0.854. The molecule has 2 heterocycles. The summed E-state index contributed by atoms with van der Waals surface area (Å²) in [5, 5.41) is 9.46. The van der Waals surface area contributed by atoms with Gasteiger partial charge in [0.25, 0.3) is 0 Å². The summed E-state index contributed by atoms with van der Waals surface area (Å²) in [4.78, 5) is 9.67. The third kappa shape index (κ3) is 3.03. The lowest BCUT2D eigenvalue weighted by Crippen LogP contribution is -2.47. The highest BCUT2D eigenvalue weighted by molar-refractivity contribution is 5.56. The molecular weight excluding hydrogens is 260 g/mol. The zero-order chi connectivity index (χ0) is 14.7. The molecule has 0 N–H and O–H groups in total. The Morgan fingerprint density at radius 3 is 2.67 bits per heavy atom. The fraction of sp³-hybridized carbons (Fsp3) is 0.647. The summed E-state index contributed by atoms with van der Waals surface area (Å²) in [5.74, 6) is 0.925. The maximum Gasteiger partial charge on any atom is 0.146 e. The second-order valence-electron chi connectivity index (χ2n) is 6.11. The largest absolute Gasteiger partial charge is 0.353 e. The first-order valence-electron chi connectivity index (χ1n) is 8.22. The minimum absolute atomic E-state index is 0.764. The number of nitrogens with zero attached hydrogens (tertiary/aromatic N) is 4. The summed E-state index contributed by atoms with van der Waals surface area (Å²) in [6.45, 7) is 7.54. The molecule has 4 heteroatoms. The van der Waals surface area contributed by atoms with Gasteiger partial charge in [-0.15, -0.1) is 0 Å². The number of nitriles is 1. The summed E-state index contributed by atoms with van der Waals surface area (Å²) < 4.78 is 0. The molecule has 1 aromatic heterocycles. The molecule has 0 unspecified atom stereocenters. The van der Waals surface area contributed by atoms with Gasteiger partial charge in [-0.1, -0.05) is 6.92 Å². The number of hydrogen-bond acceptors (Lipinski definition) is 4. The van der Waals surface area contributed by atoms with Gasteiger partial charge in [0.2, 0.25) is 0 Å². The minimum atomic E-state index is 0.764. The van der Waals surface area contributed by atoms with E-state index in [1.54, 1.807) is 0 Å². The summed E-state index contributed by atoms with van der Waals surface area (Å²) in [7, 11) is 0.